The third-order valence-electron chi connectivity index (χ3n) is 2.23. The Morgan fingerprint density at radius 1 is 1.06 bits per heavy atom. The summed E-state index contributed by atoms with van der Waals surface area (Å²) in [6.45, 7) is 5.82. The van der Waals surface area contributed by atoms with E-state index in [-0.39, 0.29) is 0 Å². The fourth-order valence-electron chi connectivity index (χ4n) is 1.55. The van der Waals surface area contributed by atoms with Crippen LogP contribution in [0.5, 0.6) is 5.88 Å². The van der Waals surface area contributed by atoms with E-state index < -0.39 is 0 Å². The van der Waals surface area contributed by atoms with Crippen LogP contribution in [-0.4, -0.2) is 26.9 Å². The van der Waals surface area contributed by atoms with Crippen molar-refractivity contribution in [1.82, 2.24) is 19.7 Å². The molecule has 16 heavy (non-hydrogen) atoms. The van der Waals surface area contributed by atoms with Crippen LogP contribution < -0.4 is 4.74 Å². The highest BCUT2D eigenvalue weighted by atomic mass is 16.5. The van der Waals surface area contributed by atoms with E-state index in [2.05, 4.69) is 15.1 Å². The summed E-state index contributed by atoms with van der Waals surface area (Å²) in [5.74, 6) is 1.15. The highest BCUT2D eigenvalue weighted by molar-refractivity contribution is 5.24. The molecule has 0 unspecified atom stereocenters. The van der Waals surface area contributed by atoms with Gasteiger partial charge in [0.25, 0.3) is 5.95 Å². The molecule has 2 rings (SSSR count). The third-order valence-corrected chi connectivity index (χ3v) is 2.23. The Hall–Kier alpha value is -1.91. The largest absolute Gasteiger partial charge is 0.480 e. The molecule has 2 heterocycles. The topological polar surface area (TPSA) is 52.8 Å². The highest BCUT2D eigenvalue weighted by Gasteiger charge is 2.09. The molecule has 0 N–H and O–H groups in total. The molecule has 5 nitrogen and oxygen atoms in total. The second-order valence-corrected chi connectivity index (χ2v) is 3.69. The van der Waals surface area contributed by atoms with E-state index in [4.69, 9.17) is 4.74 Å². The lowest BCUT2D eigenvalue weighted by Crippen LogP contribution is -2.06. The van der Waals surface area contributed by atoms with Gasteiger partial charge in [0.1, 0.15) is 0 Å². The van der Waals surface area contributed by atoms with E-state index in [1.807, 2.05) is 32.9 Å². The standard InChI is InChI=1S/C11H14N4O/c1-7-5-8(2)13-11(12-7)15-9(3)6-10(14-15)16-4/h5-6H,1-4H3. The number of aromatic nitrogens is 4. The van der Waals surface area contributed by atoms with Gasteiger partial charge in [-0.3, -0.25) is 0 Å². The molecular formula is C11H14N4O. The maximum absolute atomic E-state index is 5.07. The van der Waals surface area contributed by atoms with Crippen molar-refractivity contribution >= 4 is 0 Å². The van der Waals surface area contributed by atoms with Crippen LogP contribution in [0, 0.1) is 20.8 Å². The summed E-state index contributed by atoms with van der Waals surface area (Å²) in [5, 5.41) is 4.25. The molecule has 84 valence electrons. The average Bonchev–Trinajstić information content (AvgIpc) is 2.58. The zero-order valence-corrected chi connectivity index (χ0v) is 9.85. The number of nitrogens with zero attached hydrogens (tertiary/aromatic N) is 4. The molecule has 0 aliphatic heterocycles. The van der Waals surface area contributed by atoms with Gasteiger partial charge in [0.05, 0.1) is 7.11 Å². The maximum atomic E-state index is 5.07. The smallest absolute Gasteiger partial charge is 0.251 e. The molecule has 0 saturated carbocycles. The molecule has 2 aromatic rings. The fourth-order valence-corrected chi connectivity index (χ4v) is 1.55. The highest BCUT2D eigenvalue weighted by Crippen LogP contribution is 2.14. The molecule has 0 aliphatic carbocycles. The van der Waals surface area contributed by atoms with Gasteiger partial charge in [-0.1, -0.05) is 0 Å². The van der Waals surface area contributed by atoms with Crippen LogP contribution in [0.15, 0.2) is 12.1 Å². The Labute approximate surface area is 94.1 Å². The molecule has 0 spiro atoms. The Morgan fingerprint density at radius 3 is 2.19 bits per heavy atom. The minimum atomic E-state index is 0.570. The molecule has 0 amide bonds. The van der Waals surface area contributed by atoms with E-state index >= 15 is 0 Å². The predicted molar refractivity (Wildman–Crippen MR) is 59.9 cm³/mol. The first-order chi connectivity index (χ1) is 7.60. The summed E-state index contributed by atoms with van der Waals surface area (Å²) in [6, 6.07) is 3.78. The number of ether oxygens (including phenoxy) is 1. The van der Waals surface area contributed by atoms with Crippen LogP contribution in [0.25, 0.3) is 5.95 Å². The molecule has 0 aliphatic rings. The summed E-state index contributed by atoms with van der Waals surface area (Å²) >= 11 is 0. The zero-order valence-electron chi connectivity index (χ0n) is 9.85. The first-order valence-corrected chi connectivity index (χ1v) is 5.03. The van der Waals surface area contributed by atoms with Crippen molar-refractivity contribution < 1.29 is 4.74 Å². The van der Waals surface area contributed by atoms with Crippen LogP contribution in [0.1, 0.15) is 17.1 Å². The minimum Gasteiger partial charge on any atom is -0.480 e. The quantitative estimate of drug-likeness (QED) is 0.768. The van der Waals surface area contributed by atoms with Crippen LogP contribution in [0.2, 0.25) is 0 Å². The zero-order chi connectivity index (χ0) is 11.7. The first-order valence-electron chi connectivity index (χ1n) is 5.03. The number of hydrogen-bond donors (Lipinski definition) is 0. The van der Waals surface area contributed by atoms with E-state index in [0.717, 1.165) is 17.1 Å². The number of rotatable bonds is 2. The summed E-state index contributed by atoms with van der Waals surface area (Å²) in [7, 11) is 1.59. The lowest BCUT2D eigenvalue weighted by molar-refractivity contribution is 0.393. The Morgan fingerprint density at radius 2 is 1.69 bits per heavy atom. The van der Waals surface area contributed by atoms with Gasteiger partial charge in [0.15, 0.2) is 0 Å². The van der Waals surface area contributed by atoms with Gasteiger partial charge in [-0.15, -0.1) is 5.10 Å². The normalized spacial score (nSPS) is 10.5. The van der Waals surface area contributed by atoms with Crippen molar-refractivity contribution in [3.05, 3.63) is 29.2 Å². The van der Waals surface area contributed by atoms with Gasteiger partial charge in [-0.05, 0) is 26.8 Å². The van der Waals surface area contributed by atoms with Crippen molar-refractivity contribution in [2.24, 2.45) is 0 Å². The molecule has 0 radical (unpaired) electrons. The molecule has 0 fully saturated rings. The van der Waals surface area contributed by atoms with Gasteiger partial charge in [-0.25, -0.2) is 9.97 Å². The summed E-state index contributed by atoms with van der Waals surface area (Å²) < 4.78 is 6.75. The predicted octanol–water partition coefficient (Wildman–Crippen LogP) is 1.60. The van der Waals surface area contributed by atoms with E-state index in [1.54, 1.807) is 11.8 Å². The van der Waals surface area contributed by atoms with Gasteiger partial charge in [-0.2, -0.15) is 4.68 Å². The second-order valence-electron chi connectivity index (χ2n) is 3.69. The first kappa shape index (κ1) is 10.6. The molecule has 0 bridgehead atoms. The van der Waals surface area contributed by atoms with Crippen LogP contribution in [0.3, 0.4) is 0 Å². The number of methoxy groups -OCH3 is 1. The number of aryl methyl sites for hydroxylation is 3. The molecule has 5 heteroatoms. The van der Waals surface area contributed by atoms with Crippen molar-refractivity contribution in [3.63, 3.8) is 0 Å². The lowest BCUT2D eigenvalue weighted by atomic mass is 10.3. The Kier molecular flexibility index (Phi) is 2.60. The number of hydrogen-bond acceptors (Lipinski definition) is 4. The molecule has 0 aromatic carbocycles. The van der Waals surface area contributed by atoms with E-state index in [0.29, 0.717) is 11.8 Å². The minimum absolute atomic E-state index is 0.570. The van der Waals surface area contributed by atoms with Crippen molar-refractivity contribution in [3.8, 4) is 11.8 Å². The van der Waals surface area contributed by atoms with Crippen molar-refractivity contribution in [1.29, 1.82) is 0 Å². The molecule has 0 saturated heterocycles. The van der Waals surface area contributed by atoms with E-state index in [9.17, 15) is 0 Å². The summed E-state index contributed by atoms with van der Waals surface area (Å²) in [6.07, 6.45) is 0. The van der Waals surface area contributed by atoms with Crippen LogP contribution in [-0.2, 0) is 0 Å². The van der Waals surface area contributed by atoms with Gasteiger partial charge < -0.3 is 4.74 Å². The van der Waals surface area contributed by atoms with Crippen LogP contribution >= 0.6 is 0 Å². The third kappa shape index (κ3) is 1.88. The average molecular weight is 218 g/mol. The van der Waals surface area contributed by atoms with E-state index in [1.165, 1.54) is 0 Å². The molecule has 0 atom stereocenters. The van der Waals surface area contributed by atoms with Gasteiger partial charge in [0, 0.05) is 23.1 Å². The van der Waals surface area contributed by atoms with Gasteiger partial charge >= 0.3 is 0 Å². The van der Waals surface area contributed by atoms with Crippen molar-refractivity contribution in [2.45, 2.75) is 20.8 Å². The monoisotopic (exact) mass is 218 g/mol. The summed E-state index contributed by atoms with van der Waals surface area (Å²) in [5.41, 5.74) is 2.80. The fraction of sp³-hybridized carbons (Fsp3) is 0.364. The maximum Gasteiger partial charge on any atom is 0.251 e. The SMILES string of the molecule is COc1cc(C)n(-c2nc(C)cc(C)n2)n1. The van der Waals surface area contributed by atoms with Crippen LogP contribution in [0.4, 0.5) is 0 Å². The Bertz CT molecular complexity index is 498. The Balaban J connectivity index is 2.53. The second kappa shape index (κ2) is 3.92. The molecular weight excluding hydrogens is 204 g/mol. The lowest BCUT2D eigenvalue weighted by Gasteiger charge is -2.04. The molecule has 2 aromatic heterocycles. The summed E-state index contributed by atoms with van der Waals surface area (Å²) in [4.78, 5) is 8.69. The van der Waals surface area contributed by atoms with Crippen molar-refractivity contribution in [2.75, 3.05) is 7.11 Å². The van der Waals surface area contributed by atoms with Gasteiger partial charge in [0.2, 0.25) is 5.88 Å².